The molecule has 0 aliphatic heterocycles. The highest BCUT2D eigenvalue weighted by molar-refractivity contribution is 7.99. The number of carbonyl (C=O) groups is 1. The van der Waals surface area contributed by atoms with E-state index < -0.39 is 5.54 Å². The van der Waals surface area contributed by atoms with E-state index in [4.69, 9.17) is 10.5 Å². The van der Waals surface area contributed by atoms with Crippen LogP contribution in [0.5, 0.6) is 0 Å². The third kappa shape index (κ3) is 2.92. The lowest BCUT2D eigenvalue weighted by molar-refractivity contribution is -0.148. The van der Waals surface area contributed by atoms with Gasteiger partial charge in [-0.25, -0.2) is 0 Å². The molecule has 2 N–H and O–H groups in total. The van der Waals surface area contributed by atoms with Crippen molar-refractivity contribution in [2.24, 2.45) is 12.8 Å². The monoisotopic (exact) mass is 284 g/mol. The van der Waals surface area contributed by atoms with Gasteiger partial charge in [-0.1, -0.05) is 11.8 Å². The van der Waals surface area contributed by atoms with Gasteiger partial charge in [0.2, 0.25) is 0 Å². The molecule has 1 fully saturated rings. The number of rotatable bonds is 3. The number of nitrogens with zero attached hydrogens (tertiary/aromatic N) is 3. The Bertz CT molecular complexity index is 476. The van der Waals surface area contributed by atoms with Crippen LogP contribution in [0.4, 0.5) is 0 Å². The van der Waals surface area contributed by atoms with Gasteiger partial charge in [0, 0.05) is 12.3 Å². The topological polar surface area (TPSA) is 83.0 Å². The molecule has 0 amide bonds. The van der Waals surface area contributed by atoms with Crippen molar-refractivity contribution in [3.05, 3.63) is 5.82 Å². The van der Waals surface area contributed by atoms with Crippen LogP contribution in [0.1, 0.15) is 31.5 Å². The summed E-state index contributed by atoms with van der Waals surface area (Å²) in [7, 11) is 3.33. The van der Waals surface area contributed by atoms with E-state index >= 15 is 0 Å². The Balaban J connectivity index is 2.06. The van der Waals surface area contributed by atoms with Crippen LogP contribution >= 0.6 is 11.8 Å². The molecular weight excluding hydrogens is 264 g/mol. The van der Waals surface area contributed by atoms with E-state index in [1.54, 1.807) is 11.8 Å². The van der Waals surface area contributed by atoms with E-state index in [0.717, 1.165) is 23.8 Å². The van der Waals surface area contributed by atoms with Crippen molar-refractivity contribution in [2.75, 3.05) is 7.11 Å². The second kappa shape index (κ2) is 5.50. The first-order valence-electron chi connectivity index (χ1n) is 6.36. The number of hydrogen-bond acceptors (Lipinski definition) is 6. The number of nitrogens with two attached hydrogens (primary N) is 1. The number of aryl methyl sites for hydroxylation is 1. The van der Waals surface area contributed by atoms with Crippen LogP contribution in [0.15, 0.2) is 5.16 Å². The van der Waals surface area contributed by atoms with E-state index in [9.17, 15) is 4.79 Å². The average Bonchev–Trinajstić information content (AvgIpc) is 2.70. The molecule has 0 saturated heterocycles. The molecule has 2 unspecified atom stereocenters. The molecule has 7 heteroatoms. The minimum absolute atomic E-state index is 0.278. The van der Waals surface area contributed by atoms with Crippen LogP contribution in [-0.2, 0) is 16.6 Å². The molecule has 1 aromatic rings. The third-order valence-corrected chi connectivity index (χ3v) is 4.96. The minimum Gasteiger partial charge on any atom is -0.468 e. The highest BCUT2D eigenvalue weighted by Gasteiger charge is 2.40. The van der Waals surface area contributed by atoms with Gasteiger partial charge in [-0.15, -0.1) is 10.2 Å². The Kier molecular flexibility index (Phi) is 4.15. The zero-order valence-electron chi connectivity index (χ0n) is 11.5. The smallest absolute Gasteiger partial charge is 0.325 e. The van der Waals surface area contributed by atoms with E-state index in [1.165, 1.54) is 7.11 Å². The largest absolute Gasteiger partial charge is 0.468 e. The number of ether oxygens (including phenoxy) is 1. The molecule has 0 aromatic carbocycles. The zero-order chi connectivity index (χ0) is 14.0. The van der Waals surface area contributed by atoms with E-state index in [1.807, 2.05) is 18.5 Å². The minimum atomic E-state index is -0.849. The number of esters is 1. The Hall–Kier alpha value is -1.08. The predicted molar refractivity (Wildman–Crippen MR) is 72.8 cm³/mol. The van der Waals surface area contributed by atoms with Crippen molar-refractivity contribution in [1.29, 1.82) is 0 Å². The van der Waals surface area contributed by atoms with Crippen molar-refractivity contribution in [3.8, 4) is 0 Å². The molecule has 1 saturated carbocycles. The number of hydrogen-bond donors (Lipinski definition) is 1. The second-order valence-corrected chi connectivity index (χ2v) is 6.34. The lowest BCUT2D eigenvalue weighted by Gasteiger charge is -2.34. The van der Waals surface area contributed by atoms with Crippen molar-refractivity contribution in [2.45, 2.75) is 48.6 Å². The van der Waals surface area contributed by atoms with Crippen LogP contribution in [0, 0.1) is 6.92 Å². The molecule has 0 spiro atoms. The predicted octanol–water partition coefficient (Wildman–Crippen LogP) is 1.03. The maximum absolute atomic E-state index is 11.8. The highest BCUT2D eigenvalue weighted by atomic mass is 32.2. The fourth-order valence-electron chi connectivity index (χ4n) is 2.38. The molecule has 1 heterocycles. The fourth-order valence-corrected chi connectivity index (χ4v) is 3.73. The van der Waals surface area contributed by atoms with Gasteiger partial charge in [0.25, 0.3) is 0 Å². The van der Waals surface area contributed by atoms with Crippen molar-refractivity contribution < 1.29 is 9.53 Å². The van der Waals surface area contributed by atoms with Gasteiger partial charge in [0.15, 0.2) is 5.16 Å². The van der Waals surface area contributed by atoms with Crippen molar-refractivity contribution in [3.63, 3.8) is 0 Å². The van der Waals surface area contributed by atoms with Crippen LogP contribution in [-0.4, -0.2) is 38.6 Å². The Morgan fingerprint density at radius 2 is 2.32 bits per heavy atom. The maximum Gasteiger partial charge on any atom is 0.325 e. The van der Waals surface area contributed by atoms with Crippen molar-refractivity contribution in [1.82, 2.24) is 14.8 Å². The summed E-state index contributed by atoms with van der Waals surface area (Å²) in [5.74, 6) is 0.567. The number of methoxy groups -OCH3 is 1. The van der Waals surface area contributed by atoms with Gasteiger partial charge in [0.05, 0.1) is 7.11 Å². The molecule has 0 bridgehead atoms. The standard InChI is InChI=1S/C12H20N4O2S/c1-8-14-15-11(16(8)2)19-9-5-4-6-12(13,7-9)10(17)18-3/h9H,4-7,13H2,1-3H3. The van der Waals surface area contributed by atoms with Gasteiger partial charge < -0.3 is 15.0 Å². The summed E-state index contributed by atoms with van der Waals surface area (Å²) in [5, 5.41) is 9.33. The van der Waals surface area contributed by atoms with Crippen LogP contribution < -0.4 is 5.73 Å². The molecule has 1 aromatic heterocycles. The molecule has 0 radical (unpaired) electrons. The normalized spacial score (nSPS) is 27.3. The molecule has 1 aliphatic rings. The second-order valence-electron chi connectivity index (χ2n) is 5.07. The summed E-state index contributed by atoms with van der Waals surface area (Å²) < 4.78 is 6.77. The van der Waals surface area contributed by atoms with Crippen LogP contribution in [0.25, 0.3) is 0 Å². The van der Waals surface area contributed by atoms with E-state index in [2.05, 4.69) is 10.2 Å². The number of thioether (sulfide) groups is 1. The van der Waals surface area contributed by atoms with Gasteiger partial charge >= 0.3 is 5.97 Å². The van der Waals surface area contributed by atoms with E-state index in [0.29, 0.717) is 12.8 Å². The van der Waals surface area contributed by atoms with Gasteiger partial charge in [-0.2, -0.15) is 0 Å². The fraction of sp³-hybridized carbons (Fsp3) is 0.750. The quantitative estimate of drug-likeness (QED) is 0.835. The van der Waals surface area contributed by atoms with Crippen LogP contribution in [0.3, 0.4) is 0 Å². The Morgan fingerprint density at radius 1 is 1.58 bits per heavy atom. The first kappa shape index (κ1) is 14.3. The molecule has 2 rings (SSSR count). The van der Waals surface area contributed by atoms with Gasteiger partial charge in [0.1, 0.15) is 11.4 Å². The molecule has 1 aliphatic carbocycles. The maximum atomic E-state index is 11.8. The SMILES string of the molecule is COC(=O)C1(N)CCCC(Sc2nnc(C)n2C)C1. The summed E-state index contributed by atoms with van der Waals surface area (Å²) in [6.45, 7) is 1.92. The lowest BCUT2D eigenvalue weighted by atomic mass is 9.82. The molecule has 19 heavy (non-hydrogen) atoms. The highest BCUT2D eigenvalue weighted by Crippen LogP contribution is 2.37. The van der Waals surface area contributed by atoms with Crippen molar-refractivity contribution >= 4 is 17.7 Å². The summed E-state index contributed by atoms with van der Waals surface area (Å²) in [5.41, 5.74) is 5.32. The van der Waals surface area contributed by atoms with E-state index in [-0.39, 0.29) is 11.2 Å². The average molecular weight is 284 g/mol. The third-order valence-electron chi connectivity index (χ3n) is 3.66. The zero-order valence-corrected chi connectivity index (χ0v) is 12.4. The van der Waals surface area contributed by atoms with Gasteiger partial charge in [-0.3, -0.25) is 4.79 Å². The first-order valence-corrected chi connectivity index (χ1v) is 7.24. The molecule has 106 valence electrons. The Morgan fingerprint density at radius 3 is 2.89 bits per heavy atom. The summed E-state index contributed by atoms with van der Waals surface area (Å²) in [4.78, 5) is 11.8. The summed E-state index contributed by atoms with van der Waals surface area (Å²) >= 11 is 1.64. The number of aromatic nitrogens is 3. The Labute approximate surface area is 117 Å². The van der Waals surface area contributed by atoms with Gasteiger partial charge in [-0.05, 0) is 32.6 Å². The van der Waals surface area contributed by atoms with Crippen LogP contribution in [0.2, 0.25) is 0 Å². The lowest BCUT2D eigenvalue weighted by Crippen LogP contribution is -2.52. The molecular formula is C12H20N4O2S. The summed E-state index contributed by atoms with van der Waals surface area (Å²) in [6, 6.07) is 0. The molecule has 2 atom stereocenters. The first-order chi connectivity index (χ1) is 8.96. The molecule has 6 nitrogen and oxygen atoms in total. The summed E-state index contributed by atoms with van der Waals surface area (Å²) in [6.07, 6.45) is 3.28. The number of carbonyl (C=O) groups excluding carboxylic acids is 1.